The van der Waals surface area contributed by atoms with Crippen molar-refractivity contribution in [3.63, 3.8) is 0 Å². The molecule has 5 rings (SSSR count). The molecule has 2 amide bonds. The Kier molecular flexibility index (Phi) is 12.0. The van der Waals surface area contributed by atoms with E-state index >= 15 is 0 Å². The van der Waals surface area contributed by atoms with Crippen LogP contribution in [0, 0.1) is 0 Å². The molecule has 1 aromatic carbocycles. The molecule has 0 spiro atoms. The number of nitrogen functional groups attached to an aromatic ring is 1. The first-order valence-corrected chi connectivity index (χ1v) is 17.1. The number of halogens is 3. The maximum absolute atomic E-state index is 13.1. The van der Waals surface area contributed by atoms with Crippen molar-refractivity contribution in [2.24, 2.45) is 5.16 Å². The minimum atomic E-state index is -5.08. The Morgan fingerprint density at radius 2 is 1.82 bits per heavy atom. The number of anilines is 1. The van der Waals surface area contributed by atoms with Gasteiger partial charge in [0.05, 0.1) is 19.9 Å². The standard InChI is InChI=1S/C25H24N6O7S4.C2HF3O2/c1-36-15-5-4-11(6-16(15)37-2)13-9-42-25(28-13)41-8-12-7-39-22-18(21(33)31(22)19(12)23(34)35)29-20(32)17(30-38-3)14-10-40-24(26)27-14;3-2(4,5)1(6)7/h4-6,9-10,18,22H,7-8H2,1-3H3,(H2,26,27)(H,29,32)(H,34,35);(H,6,7)/b30-17-;/t18-,22-;/m1./s1. The van der Waals surface area contributed by atoms with Gasteiger partial charge in [0.2, 0.25) is 0 Å². The Bertz CT molecular complexity index is 1810. The third kappa shape index (κ3) is 8.55. The van der Waals surface area contributed by atoms with E-state index in [4.69, 9.17) is 29.9 Å². The van der Waals surface area contributed by atoms with Gasteiger partial charge < -0.3 is 35.6 Å². The minimum absolute atomic E-state index is 0.0727. The summed E-state index contributed by atoms with van der Waals surface area (Å²) in [7, 11) is 4.41. The molecule has 2 aliphatic rings. The Hall–Kier alpha value is -4.54. The van der Waals surface area contributed by atoms with Crippen LogP contribution in [-0.2, 0) is 24.0 Å². The molecule has 1 saturated heterocycles. The highest BCUT2D eigenvalue weighted by molar-refractivity contribution is 8.01. The van der Waals surface area contributed by atoms with Crippen LogP contribution in [0.4, 0.5) is 18.3 Å². The van der Waals surface area contributed by atoms with E-state index in [2.05, 4.69) is 20.4 Å². The number of fused-ring (bicyclic) bond motifs is 1. The number of thiazole rings is 2. The van der Waals surface area contributed by atoms with E-state index in [0.29, 0.717) is 28.6 Å². The number of benzene rings is 1. The fourth-order valence-corrected chi connectivity index (χ4v) is 8.16. The van der Waals surface area contributed by atoms with E-state index in [1.807, 2.05) is 17.5 Å². The number of hydrogen-bond acceptors (Lipinski definition) is 15. The van der Waals surface area contributed by atoms with E-state index in [-0.39, 0.29) is 22.2 Å². The molecule has 1 fully saturated rings. The highest BCUT2D eigenvalue weighted by Crippen LogP contribution is 2.42. The van der Waals surface area contributed by atoms with Gasteiger partial charge in [-0.15, -0.1) is 34.4 Å². The van der Waals surface area contributed by atoms with Crippen molar-refractivity contribution in [2.45, 2.75) is 21.9 Å². The number of carboxylic acid groups (broad SMARTS) is 2. The third-order valence-electron chi connectivity index (χ3n) is 6.47. The number of hydrogen-bond donors (Lipinski definition) is 4. The summed E-state index contributed by atoms with van der Waals surface area (Å²) in [4.78, 5) is 62.0. The summed E-state index contributed by atoms with van der Waals surface area (Å²) in [5, 5.41) is 26.6. The molecule has 4 heterocycles. The lowest BCUT2D eigenvalue weighted by Gasteiger charge is -2.49. The molecule has 0 aliphatic carbocycles. The summed E-state index contributed by atoms with van der Waals surface area (Å²) < 4.78 is 43.2. The highest BCUT2D eigenvalue weighted by Gasteiger charge is 2.54. The van der Waals surface area contributed by atoms with Crippen LogP contribution in [0.5, 0.6) is 11.5 Å². The molecule has 262 valence electrons. The number of nitrogens with zero attached hydrogens (tertiary/aromatic N) is 4. The van der Waals surface area contributed by atoms with Crippen molar-refractivity contribution in [1.82, 2.24) is 20.2 Å². The number of ether oxygens (including phenoxy) is 2. The zero-order valence-electron chi connectivity index (χ0n) is 25.3. The monoisotopic (exact) mass is 762 g/mol. The van der Waals surface area contributed by atoms with Crippen LogP contribution in [-0.4, -0.2) is 105 Å². The summed E-state index contributed by atoms with van der Waals surface area (Å²) in [6.45, 7) is 0. The number of nitrogens with two attached hydrogens (primary N) is 1. The number of thioether (sulfide) groups is 2. The second-order valence-electron chi connectivity index (χ2n) is 9.47. The summed E-state index contributed by atoms with van der Waals surface area (Å²) >= 11 is 5.33. The number of nitrogens with one attached hydrogen (secondary N) is 1. The van der Waals surface area contributed by atoms with Gasteiger partial charge in [-0.25, -0.2) is 19.6 Å². The lowest BCUT2D eigenvalue weighted by atomic mass is 10.0. The molecule has 49 heavy (non-hydrogen) atoms. The first kappa shape index (κ1) is 37.3. The molecule has 0 bridgehead atoms. The largest absolute Gasteiger partial charge is 0.493 e. The van der Waals surface area contributed by atoms with Crippen LogP contribution in [0.3, 0.4) is 0 Å². The summed E-state index contributed by atoms with van der Waals surface area (Å²) in [5.74, 6) is -3.28. The van der Waals surface area contributed by atoms with Gasteiger partial charge in [-0.1, -0.05) is 16.9 Å². The average Bonchev–Trinajstić information content (AvgIpc) is 3.73. The van der Waals surface area contributed by atoms with Crippen molar-refractivity contribution >= 4 is 80.8 Å². The molecule has 2 aliphatic heterocycles. The van der Waals surface area contributed by atoms with E-state index in [1.54, 1.807) is 25.7 Å². The first-order valence-electron chi connectivity index (χ1n) is 13.3. The van der Waals surface area contributed by atoms with Crippen molar-refractivity contribution in [2.75, 3.05) is 38.6 Å². The van der Waals surface area contributed by atoms with Crippen LogP contribution in [0.15, 0.2) is 49.7 Å². The zero-order valence-corrected chi connectivity index (χ0v) is 28.6. The number of β-lactam (4-membered cyclic amide) rings is 1. The number of aromatic nitrogens is 2. The van der Waals surface area contributed by atoms with Gasteiger partial charge in [0.15, 0.2) is 26.7 Å². The van der Waals surface area contributed by atoms with Crippen molar-refractivity contribution < 1.29 is 56.9 Å². The van der Waals surface area contributed by atoms with Crippen LogP contribution < -0.4 is 20.5 Å². The van der Waals surface area contributed by atoms with E-state index in [0.717, 1.165) is 26.9 Å². The molecular formula is C27H25F3N6O9S4. The Labute approximate surface area is 291 Å². The Balaban J connectivity index is 0.000000698. The quantitative estimate of drug-likeness (QED) is 0.0954. The van der Waals surface area contributed by atoms with Gasteiger partial charge in [-0.2, -0.15) is 13.2 Å². The molecule has 0 radical (unpaired) electrons. The van der Waals surface area contributed by atoms with Crippen molar-refractivity contribution in [3.05, 3.63) is 45.9 Å². The van der Waals surface area contributed by atoms with Crippen molar-refractivity contribution in [3.8, 4) is 22.8 Å². The number of rotatable bonds is 11. The summed E-state index contributed by atoms with van der Waals surface area (Å²) in [6, 6.07) is 4.59. The van der Waals surface area contributed by atoms with Crippen LogP contribution >= 0.6 is 46.2 Å². The SMILES string of the molecule is CO/N=C(\C(=O)N[C@@H]1C(=O)N2C(C(=O)O)=C(CSc3nc(-c4ccc(OC)c(OC)c4)cs3)CS[C@H]12)c1csc(N)n1.O=C(O)C(F)(F)F. The van der Waals surface area contributed by atoms with E-state index in [9.17, 15) is 32.7 Å². The van der Waals surface area contributed by atoms with Gasteiger partial charge in [-0.3, -0.25) is 14.5 Å². The van der Waals surface area contributed by atoms with E-state index in [1.165, 1.54) is 46.9 Å². The Morgan fingerprint density at radius 1 is 1.12 bits per heavy atom. The van der Waals surface area contributed by atoms with E-state index < -0.39 is 41.3 Å². The third-order valence-corrected chi connectivity index (χ3v) is 10.6. The second kappa shape index (κ2) is 15.8. The fraction of sp³-hybridized carbons (Fsp3) is 0.296. The molecule has 0 saturated carbocycles. The summed E-state index contributed by atoms with van der Waals surface area (Å²) in [5.41, 5.74) is 7.86. The molecular weight excluding hydrogens is 738 g/mol. The number of aliphatic carboxylic acids is 2. The number of methoxy groups -OCH3 is 2. The maximum atomic E-state index is 13.1. The topological polar surface area (TPSA) is 216 Å². The lowest BCUT2D eigenvalue weighted by molar-refractivity contribution is -0.192. The molecule has 15 nitrogen and oxygen atoms in total. The number of amides is 2. The van der Waals surface area contributed by atoms with Gasteiger partial charge in [0.1, 0.15) is 29.9 Å². The molecule has 2 aromatic heterocycles. The number of carbonyl (C=O) groups is 4. The average molecular weight is 763 g/mol. The first-order chi connectivity index (χ1) is 23.2. The maximum Gasteiger partial charge on any atom is 0.490 e. The smallest absolute Gasteiger partial charge is 0.490 e. The second-order valence-corrected chi connectivity index (χ2v) is 13.5. The molecule has 5 N–H and O–H groups in total. The van der Waals surface area contributed by atoms with Crippen LogP contribution in [0.25, 0.3) is 11.3 Å². The summed E-state index contributed by atoms with van der Waals surface area (Å²) in [6.07, 6.45) is -5.08. The predicted molar refractivity (Wildman–Crippen MR) is 175 cm³/mol. The zero-order chi connectivity index (χ0) is 36.0. The molecule has 22 heteroatoms. The molecule has 0 unspecified atom stereocenters. The van der Waals surface area contributed by atoms with Gasteiger partial charge in [0, 0.05) is 27.8 Å². The van der Waals surface area contributed by atoms with Gasteiger partial charge in [-0.05, 0) is 23.8 Å². The van der Waals surface area contributed by atoms with Gasteiger partial charge in [0.25, 0.3) is 11.8 Å². The number of oxime groups is 1. The number of carboxylic acids is 2. The highest BCUT2D eigenvalue weighted by atomic mass is 32.2. The Morgan fingerprint density at radius 3 is 2.39 bits per heavy atom. The predicted octanol–water partition coefficient (Wildman–Crippen LogP) is 3.38. The molecule has 2 atom stereocenters. The van der Waals surface area contributed by atoms with Crippen LogP contribution in [0.2, 0.25) is 0 Å². The minimum Gasteiger partial charge on any atom is -0.493 e. The molecule has 3 aromatic rings. The van der Waals surface area contributed by atoms with Gasteiger partial charge >= 0.3 is 18.1 Å². The van der Waals surface area contributed by atoms with Crippen LogP contribution in [0.1, 0.15) is 5.69 Å². The normalized spacial score (nSPS) is 17.3. The number of carbonyl (C=O) groups excluding carboxylic acids is 2. The lowest BCUT2D eigenvalue weighted by Crippen LogP contribution is -2.71. The van der Waals surface area contributed by atoms with Crippen molar-refractivity contribution in [1.29, 1.82) is 0 Å². The number of alkyl halides is 3. The fourth-order valence-electron chi connectivity index (χ4n) is 4.30.